The molecule has 0 saturated heterocycles. The van der Waals surface area contributed by atoms with Gasteiger partial charge in [-0.15, -0.1) is 0 Å². The maximum absolute atomic E-state index is 12.3. The Morgan fingerprint density at radius 1 is 1.05 bits per heavy atom. The molecule has 0 radical (unpaired) electrons. The molecule has 0 aliphatic carbocycles. The maximum atomic E-state index is 12.3. The van der Waals surface area contributed by atoms with Crippen molar-refractivity contribution in [2.75, 3.05) is 20.6 Å². The van der Waals surface area contributed by atoms with E-state index >= 15 is 0 Å². The minimum Gasteiger partial charge on any atom is -0.350 e. The van der Waals surface area contributed by atoms with Gasteiger partial charge in [-0.1, -0.05) is 48.0 Å². The minimum atomic E-state index is -0.0166. The fraction of sp³-hybridized carbons (Fsp3) is 0.316. The van der Waals surface area contributed by atoms with Crippen LogP contribution >= 0.6 is 0 Å². The summed E-state index contributed by atoms with van der Waals surface area (Å²) in [4.78, 5) is 14.5. The van der Waals surface area contributed by atoms with Crippen molar-refractivity contribution in [2.45, 2.75) is 19.9 Å². The quantitative estimate of drug-likeness (QED) is 0.918. The van der Waals surface area contributed by atoms with Crippen LogP contribution in [0.3, 0.4) is 0 Å². The number of amides is 1. The fourth-order valence-electron chi connectivity index (χ4n) is 2.50. The second-order valence-corrected chi connectivity index (χ2v) is 5.92. The van der Waals surface area contributed by atoms with Gasteiger partial charge in [-0.2, -0.15) is 0 Å². The Morgan fingerprint density at radius 3 is 2.27 bits per heavy atom. The van der Waals surface area contributed by atoms with Crippen molar-refractivity contribution in [3.05, 3.63) is 70.8 Å². The molecule has 1 N–H and O–H groups in total. The molecule has 0 aliphatic rings. The predicted octanol–water partition coefficient (Wildman–Crippen LogP) is 3.34. The summed E-state index contributed by atoms with van der Waals surface area (Å²) in [5.74, 6) is -0.0166. The highest BCUT2D eigenvalue weighted by atomic mass is 16.1. The van der Waals surface area contributed by atoms with Gasteiger partial charge < -0.3 is 10.2 Å². The average Bonchev–Trinajstić information content (AvgIpc) is 2.49. The first kappa shape index (κ1) is 16.2. The highest BCUT2D eigenvalue weighted by Crippen LogP contribution is 2.18. The molecule has 0 aliphatic heterocycles. The molecule has 1 atom stereocenters. The van der Waals surface area contributed by atoms with Gasteiger partial charge in [-0.3, -0.25) is 4.79 Å². The monoisotopic (exact) mass is 296 g/mol. The Morgan fingerprint density at radius 2 is 1.68 bits per heavy atom. The molecular weight excluding hydrogens is 272 g/mol. The third-order valence-corrected chi connectivity index (χ3v) is 3.93. The number of benzene rings is 2. The molecule has 22 heavy (non-hydrogen) atoms. The highest BCUT2D eigenvalue weighted by Gasteiger charge is 2.16. The number of hydrogen-bond donors (Lipinski definition) is 1. The van der Waals surface area contributed by atoms with E-state index in [2.05, 4.69) is 41.4 Å². The van der Waals surface area contributed by atoms with Crippen LogP contribution in [0.5, 0.6) is 0 Å². The maximum Gasteiger partial charge on any atom is 0.251 e. The Hall–Kier alpha value is -2.13. The molecule has 2 rings (SSSR count). The Bertz CT molecular complexity index is 632. The summed E-state index contributed by atoms with van der Waals surface area (Å²) in [7, 11) is 4.06. The van der Waals surface area contributed by atoms with Crippen molar-refractivity contribution >= 4 is 5.91 Å². The summed E-state index contributed by atoms with van der Waals surface area (Å²) < 4.78 is 0. The Balaban J connectivity index is 2.08. The summed E-state index contributed by atoms with van der Waals surface area (Å²) in [6.07, 6.45) is 0. The van der Waals surface area contributed by atoms with Crippen molar-refractivity contribution in [2.24, 2.45) is 0 Å². The SMILES string of the molecule is Cc1ccc(C(CNC(=O)c2ccccc2C)N(C)C)cc1. The summed E-state index contributed by atoms with van der Waals surface area (Å²) >= 11 is 0. The second kappa shape index (κ2) is 7.23. The molecule has 0 aromatic heterocycles. The fourth-order valence-corrected chi connectivity index (χ4v) is 2.50. The lowest BCUT2D eigenvalue weighted by atomic mass is 10.0. The molecule has 1 amide bonds. The van der Waals surface area contributed by atoms with Gasteiger partial charge in [0.25, 0.3) is 5.91 Å². The van der Waals surface area contributed by atoms with Crippen LogP contribution in [0.15, 0.2) is 48.5 Å². The van der Waals surface area contributed by atoms with Crippen molar-refractivity contribution in [3.8, 4) is 0 Å². The molecule has 0 saturated carbocycles. The number of nitrogens with zero attached hydrogens (tertiary/aromatic N) is 1. The third-order valence-electron chi connectivity index (χ3n) is 3.93. The van der Waals surface area contributed by atoms with Crippen molar-refractivity contribution in [1.29, 1.82) is 0 Å². The summed E-state index contributed by atoms with van der Waals surface area (Å²) in [5.41, 5.74) is 4.19. The molecular formula is C19H24N2O. The van der Waals surface area contributed by atoms with Gasteiger partial charge in [0.2, 0.25) is 0 Å². The molecule has 116 valence electrons. The zero-order chi connectivity index (χ0) is 16.1. The minimum absolute atomic E-state index is 0.0166. The van der Waals surface area contributed by atoms with Crippen LogP contribution < -0.4 is 5.32 Å². The smallest absolute Gasteiger partial charge is 0.251 e. The van der Waals surface area contributed by atoms with E-state index in [1.807, 2.05) is 45.3 Å². The van der Waals surface area contributed by atoms with Crippen LogP contribution in [-0.2, 0) is 0 Å². The lowest BCUT2D eigenvalue weighted by Gasteiger charge is -2.25. The largest absolute Gasteiger partial charge is 0.350 e. The van der Waals surface area contributed by atoms with Gasteiger partial charge in [0.05, 0.1) is 6.04 Å². The number of hydrogen-bond acceptors (Lipinski definition) is 2. The lowest BCUT2D eigenvalue weighted by Crippen LogP contribution is -2.34. The molecule has 3 heteroatoms. The highest BCUT2D eigenvalue weighted by molar-refractivity contribution is 5.95. The number of carbonyl (C=O) groups excluding carboxylic acids is 1. The van der Waals surface area contributed by atoms with Crippen molar-refractivity contribution in [3.63, 3.8) is 0 Å². The first-order valence-corrected chi connectivity index (χ1v) is 7.56. The molecule has 0 bridgehead atoms. The lowest BCUT2D eigenvalue weighted by molar-refractivity contribution is 0.0941. The number of rotatable bonds is 5. The van der Waals surface area contributed by atoms with Gasteiger partial charge in [-0.05, 0) is 45.1 Å². The number of likely N-dealkylation sites (N-methyl/N-ethyl adjacent to an activating group) is 1. The summed E-state index contributed by atoms with van der Waals surface area (Å²) in [6.45, 7) is 4.62. The summed E-state index contributed by atoms with van der Waals surface area (Å²) in [5, 5.41) is 3.05. The number of carbonyl (C=O) groups is 1. The van der Waals surface area contributed by atoms with Crippen LogP contribution in [0.2, 0.25) is 0 Å². The normalized spacial score (nSPS) is 12.2. The van der Waals surface area contributed by atoms with E-state index in [0.717, 1.165) is 11.1 Å². The van der Waals surface area contributed by atoms with Crippen molar-refractivity contribution in [1.82, 2.24) is 10.2 Å². The van der Waals surface area contributed by atoms with E-state index in [1.54, 1.807) is 0 Å². The van der Waals surface area contributed by atoms with Gasteiger partial charge >= 0.3 is 0 Å². The summed E-state index contributed by atoms with van der Waals surface area (Å²) in [6, 6.07) is 16.3. The van der Waals surface area contributed by atoms with E-state index in [1.165, 1.54) is 11.1 Å². The Labute approximate surface area is 133 Å². The van der Waals surface area contributed by atoms with Crippen LogP contribution in [-0.4, -0.2) is 31.4 Å². The van der Waals surface area contributed by atoms with E-state index in [0.29, 0.717) is 6.54 Å². The predicted molar refractivity (Wildman–Crippen MR) is 91.1 cm³/mol. The standard InChI is InChI=1S/C19H24N2O/c1-14-9-11-16(12-10-14)18(21(3)4)13-20-19(22)17-8-6-5-7-15(17)2/h5-12,18H,13H2,1-4H3,(H,20,22). The molecule has 0 spiro atoms. The zero-order valence-corrected chi connectivity index (χ0v) is 13.8. The van der Waals surface area contributed by atoms with Crippen LogP contribution in [0.1, 0.15) is 33.1 Å². The van der Waals surface area contributed by atoms with Crippen LogP contribution in [0, 0.1) is 13.8 Å². The molecule has 2 aromatic carbocycles. The molecule has 1 unspecified atom stereocenters. The van der Waals surface area contributed by atoms with Crippen molar-refractivity contribution < 1.29 is 4.79 Å². The Kier molecular flexibility index (Phi) is 5.34. The van der Waals surface area contributed by atoms with Gasteiger partial charge in [0.1, 0.15) is 0 Å². The van der Waals surface area contributed by atoms with E-state index in [4.69, 9.17) is 0 Å². The third kappa shape index (κ3) is 3.95. The van der Waals surface area contributed by atoms with E-state index < -0.39 is 0 Å². The van der Waals surface area contributed by atoms with E-state index in [-0.39, 0.29) is 11.9 Å². The van der Waals surface area contributed by atoms with Gasteiger partial charge in [-0.25, -0.2) is 0 Å². The van der Waals surface area contributed by atoms with Gasteiger partial charge in [0, 0.05) is 12.1 Å². The van der Waals surface area contributed by atoms with E-state index in [9.17, 15) is 4.79 Å². The number of nitrogens with one attached hydrogen (secondary N) is 1. The van der Waals surface area contributed by atoms with Gasteiger partial charge in [0.15, 0.2) is 0 Å². The molecule has 2 aromatic rings. The second-order valence-electron chi connectivity index (χ2n) is 5.92. The topological polar surface area (TPSA) is 32.3 Å². The molecule has 0 heterocycles. The van der Waals surface area contributed by atoms with Crippen LogP contribution in [0.25, 0.3) is 0 Å². The zero-order valence-electron chi connectivity index (χ0n) is 13.8. The first-order chi connectivity index (χ1) is 10.5. The molecule has 3 nitrogen and oxygen atoms in total. The molecule has 0 fully saturated rings. The number of aryl methyl sites for hydroxylation is 2. The van der Waals surface area contributed by atoms with Crippen LogP contribution in [0.4, 0.5) is 0 Å². The first-order valence-electron chi connectivity index (χ1n) is 7.56. The average molecular weight is 296 g/mol.